The molecule has 0 aromatic heterocycles. The molecule has 0 aromatic carbocycles. The zero-order valence-electron chi connectivity index (χ0n) is 23.5. The molecule has 0 spiro atoms. The fourth-order valence-corrected chi connectivity index (χ4v) is 4.07. The number of carbonyl (C=O) groups excluding carboxylic acids is 2. The third-order valence-corrected chi connectivity index (χ3v) is 6.45. The first kappa shape index (κ1) is 34.8. The molecule has 0 aliphatic carbocycles. The normalized spacial score (nSPS) is 12.0. The molecule has 0 bridgehead atoms. The third kappa shape index (κ3) is 25.9. The van der Waals surface area contributed by atoms with Gasteiger partial charge in [-0.2, -0.15) is 0 Å². The highest BCUT2D eigenvalue weighted by atomic mass is 16.2. The highest BCUT2D eigenvalue weighted by Crippen LogP contribution is 2.10. The van der Waals surface area contributed by atoms with E-state index >= 15 is 0 Å². The number of hydrogen-bond acceptors (Lipinski definition) is 6. The molecule has 0 aliphatic heterocycles. The fraction of sp³-hybridized carbons (Fsp3) is 0.929. The minimum atomic E-state index is -0.470. The molecule has 0 aromatic rings. The second-order valence-electron chi connectivity index (χ2n) is 10.0. The van der Waals surface area contributed by atoms with Crippen LogP contribution in [0.3, 0.4) is 0 Å². The van der Waals surface area contributed by atoms with Crippen LogP contribution in [0.5, 0.6) is 0 Å². The number of carbonyl (C=O) groups is 2. The zero-order valence-corrected chi connectivity index (χ0v) is 23.5. The Kier molecular flexibility index (Phi) is 27.4. The lowest BCUT2D eigenvalue weighted by atomic mass is 10.1. The summed E-state index contributed by atoms with van der Waals surface area (Å²) in [5.74, 6) is 0.0701. The molecule has 0 saturated heterocycles. The van der Waals surface area contributed by atoms with E-state index in [0.717, 1.165) is 84.1 Å². The van der Waals surface area contributed by atoms with Gasteiger partial charge in [-0.3, -0.25) is 9.59 Å². The summed E-state index contributed by atoms with van der Waals surface area (Å²) in [7, 11) is 0. The van der Waals surface area contributed by atoms with Crippen LogP contribution in [-0.2, 0) is 9.59 Å². The lowest BCUT2D eigenvalue weighted by molar-refractivity contribution is -0.123. The molecule has 8 nitrogen and oxygen atoms in total. The van der Waals surface area contributed by atoms with E-state index in [-0.39, 0.29) is 11.8 Å². The van der Waals surface area contributed by atoms with Gasteiger partial charge in [-0.1, -0.05) is 58.3 Å². The third-order valence-electron chi connectivity index (χ3n) is 6.45. The fourth-order valence-electron chi connectivity index (χ4n) is 4.07. The molecule has 1 atom stereocenters. The lowest BCUT2D eigenvalue weighted by Crippen LogP contribution is -2.41. The van der Waals surface area contributed by atoms with Gasteiger partial charge in [0.2, 0.25) is 11.8 Å². The Bertz CT molecular complexity index is 493. The second-order valence-corrected chi connectivity index (χ2v) is 10.0. The maximum atomic E-state index is 12.1. The van der Waals surface area contributed by atoms with Gasteiger partial charge in [0.25, 0.3) is 0 Å². The first-order chi connectivity index (χ1) is 17.6. The summed E-state index contributed by atoms with van der Waals surface area (Å²) < 4.78 is 0. The minimum absolute atomic E-state index is 0.0760. The summed E-state index contributed by atoms with van der Waals surface area (Å²) in [6, 6.07) is -0.470. The molecule has 8 heteroatoms. The molecule has 8 N–H and O–H groups in total. The molecule has 2 amide bonds. The molecule has 0 fully saturated rings. The number of amides is 2. The molecule has 0 aliphatic rings. The number of hydrogen-bond donors (Lipinski definition) is 6. The average Bonchev–Trinajstić information content (AvgIpc) is 2.87. The summed E-state index contributed by atoms with van der Waals surface area (Å²) in [6.07, 6.45) is 18.6. The van der Waals surface area contributed by atoms with Crippen molar-refractivity contribution in [1.82, 2.24) is 21.3 Å². The summed E-state index contributed by atoms with van der Waals surface area (Å²) in [5.41, 5.74) is 11.5. The average molecular weight is 513 g/mol. The van der Waals surface area contributed by atoms with Crippen LogP contribution >= 0.6 is 0 Å². The maximum absolute atomic E-state index is 12.1. The van der Waals surface area contributed by atoms with Crippen molar-refractivity contribution in [3.05, 3.63) is 0 Å². The first-order valence-corrected chi connectivity index (χ1v) is 15.0. The second kappa shape index (κ2) is 28.4. The van der Waals surface area contributed by atoms with Crippen LogP contribution in [0.4, 0.5) is 0 Å². The first-order valence-electron chi connectivity index (χ1n) is 15.0. The van der Waals surface area contributed by atoms with Gasteiger partial charge in [-0.15, -0.1) is 0 Å². The highest BCUT2D eigenvalue weighted by Gasteiger charge is 2.12. The van der Waals surface area contributed by atoms with Gasteiger partial charge in [0.05, 0.1) is 6.04 Å². The molecule has 214 valence electrons. The largest absolute Gasteiger partial charge is 0.356 e. The molecule has 0 rings (SSSR count). The Balaban J connectivity index is 3.41. The van der Waals surface area contributed by atoms with E-state index < -0.39 is 6.04 Å². The Labute approximate surface area is 222 Å². The smallest absolute Gasteiger partial charge is 0.236 e. The lowest BCUT2D eigenvalue weighted by Gasteiger charge is -2.12. The van der Waals surface area contributed by atoms with Gasteiger partial charge in [0.15, 0.2) is 0 Å². The highest BCUT2D eigenvalue weighted by molar-refractivity contribution is 5.81. The summed E-state index contributed by atoms with van der Waals surface area (Å²) in [5, 5.41) is 12.7. The van der Waals surface area contributed by atoms with Crippen LogP contribution in [0.25, 0.3) is 0 Å². The Morgan fingerprint density at radius 3 is 1.78 bits per heavy atom. The molecule has 0 saturated carbocycles. The predicted octanol–water partition coefficient (Wildman–Crippen LogP) is 3.34. The number of nitrogens with one attached hydrogen (secondary N) is 4. The van der Waals surface area contributed by atoms with E-state index in [0.29, 0.717) is 25.9 Å². The Hall–Kier alpha value is -1.22. The maximum Gasteiger partial charge on any atom is 0.236 e. The molecular weight excluding hydrogens is 452 g/mol. The van der Waals surface area contributed by atoms with Gasteiger partial charge in [-0.05, 0) is 84.1 Å². The van der Waals surface area contributed by atoms with Crippen molar-refractivity contribution in [2.75, 3.05) is 45.8 Å². The standard InChI is InChI=1S/C28H60N6O2/c1-2-3-4-5-6-7-8-9-10-18-27(35)33-24-12-11-17-26(30)28(36)34-25-16-23-32-21-14-13-20-31-22-15-19-29/h26,31-32H,2-25,29-30H2,1H3,(H,33,35)(H,34,36)/t26-/m1/s1. The van der Waals surface area contributed by atoms with Crippen LogP contribution in [0, 0.1) is 0 Å². The van der Waals surface area contributed by atoms with Crippen molar-refractivity contribution >= 4 is 11.8 Å². The van der Waals surface area contributed by atoms with Gasteiger partial charge in [0.1, 0.15) is 0 Å². The van der Waals surface area contributed by atoms with Gasteiger partial charge >= 0.3 is 0 Å². The SMILES string of the molecule is CCCCCCCCCCCC(=O)NCCCC[C@@H](N)C(=O)NCCCNCCCCNCCCN. The summed E-state index contributed by atoms with van der Waals surface area (Å²) in [4.78, 5) is 24.1. The van der Waals surface area contributed by atoms with Crippen molar-refractivity contribution in [2.45, 2.75) is 122 Å². The molecule has 36 heavy (non-hydrogen) atoms. The topological polar surface area (TPSA) is 134 Å². The quantitative estimate of drug-likeness (QED) is 0.0891. The van der Waals surface area contributed by atoms with E-state index in [1.54, 1.807) is 0 Å². The van der Waals surface area contributed by atoms with Crippen LogP contribution in [0.2, 0.25) is 0 Å². The summed E-state index contributed by atoms with van der Waals surface area (Å²) in [6.45, 7) is 8.25. The van der Waals surface area contributed by atoms with E-state index in [1.165, 1.54) is 44.9 Å². The van der Waals surface area contributed by atoms with E-state index in [9.17, 15) is 9.59 Å². The van der Waals surface area contributed by atoms with Gasteiger partial charge < -0.3 is 32.7 Å². The minimum Gasteiger partial charge on any atom is -0.356 e. The van der Waals surface area contributed by atoms with Crippen LogP contribution in [-0.4, -0.2) is 63.7 Å². The molecule has 0 heterocycles. The molecular formula is C28H60N6O2. The van der Waals surface area contributed by atoms with Gasteiger partial charge in [-0.25, -0.2) is 0 Å². The van der Waals surface area contributed by atoms with Gasteiger partial charge in [0, 0.05) is 19.5 Å². The molecule has 0 radical (unpaired) electrons. The number of unbranched alkanes of at least 4 members (excludes halogenated alkanes) is 10. The number of rotatable bonds is 28. The van der Waals surface area contributed by atoms with Crippen molar-refractivity contribution < 1.29 is 9.59 Å². The van der Waals surface area contributed by atoms with Crippen LogP contribution in [0.1, 0.15) is 116 Å². The van der Waals surface area contributed by atoms with Crippen molar-refractivity contribution in [2.24, 2.45) is 11.5 Å². The number of nitrogens with two attached hydrogens (primary N) is 2. The van der Waals surface area contributed by atoms with E-state index in [1.807, 2.05) is 0 Å². The zero-order chi connectivity index (χ0) is 26.5. The van der Waals surface area contributed by atoms with Crippen molar-refractivity contribution in [3.8, 4) is 0 Å². The Morgan fingerprint density at radius 2 is 1.14 bits per heavy atom. The van der Waals surface area contributed by atoms with E-state index in [4.69, 9.17) is 11.5 Å². The van der Waals surface area contributed by atoms with E-state index in [2.05, 4.69) is 28.2 Å². The predicted molar refractivity (Wildman–Crippen MR) is 153 cm³/mol. The monoisotopic (exact) mass is 512 g/mol. The van der Waals surface area contributed by atoms with Crippen molar-refractivity contribution in [1.29, 1.82) is 0 Å². The van der Waals surface area contributed by atoms with Crippen molar-refractivity contribution in [3.63, 3.8) is 0 Å². The van der Waals surface area contributed by atoms with Crippen LogP contribution < -0.4 is 32.7 Å². The Morgan fingerprint density at radius 1 is 0.611 bits per heavy atom. The van der Waals surface area contributed by atoms with Crippen LogP contribution in [0.15, 0.2) is 0 Å². The summed E-state index contributed by atoms with van der Waals surface area (Å²) >= 11 is 0. The molecule has 0 unspecified atom stereocenters.